The Morgan fingerprint density at radius 1 is 1.15 bits per heavy atom. The van der Waals surface area contributed by atoms with Crippen molar-refractivity contribution in [3.63, 3.8) is 0 Å². The summed E-state index contributed by atoms with van der Waals surface area (Å²) in [5.41, 5.74) is 0. The standard InChI is InChI=1S/C10H20N2O/c1-11-4-2-3-10(9-11)12-5-7-13-8-6-12/h10H,2-9H2,1H3. The van der Waals surface area contributed by atoms with Gasteiger partial charge in [0, 0.05) is 25.7 Å². The number of ether oxygens (including phenoxy) is 1. The molecule has 2 aliphatic heterocycles. The van der Waals surface area contributed by atoms with Crippen LogP contribution in [-0.2, 0) is 4.74 Å². The first-order valence-corrected chi connectivity index (χ1v) is 5.36. The second-order valence-electron chi connectivity index (χ2n) is 4.21. The molecule has 2 aliphatic rings. The van der Waals surface area contributed by atoms with Crippen molar-refractivity contribution in [3.05, 3.63) is 0 Å². The van der Waals surface area contributed by atoms with Gasteiger partial charge < -0.3 is 9.64 Å². The third-order valence-corrected chi connectivity index (χ3v) is 3.16. The minimum absolute atomic E-state index is 0.794. The first kappa shape index (κ1) is 9.44. The highest BCUT2D eigenvalue weighted by Gasteiger charge is 2.24. The summed E-state index contributed by atoms with van der Waals surface area (Å²) in [7, 11) is 2.23. The van der Waals surface area contributed by atoms with Gasteiger partial charge in [0.2, 0.25) is 0 Å². The summed E-state index contributed by atoms with van der Waals surface area (Å²) in [5.74, 6) is 0. The van der Waals surface area contributed by atoms with Crippen molar-refractivity contribution < 1.29 is 4.74 Å². The van der Waals surface area contributed by atoms with E-state index in [4.69, 9.17) is 4.74 Å². The minimum Gasteiger partial charge on any atom is -0.379 e. The van der Waals surface area contributed by atoms with Crippen LogP contribution in [0.1, 0.15) is 12.8 Å². The zero-order chi connectivity index (χ0) is 9.10. The summed E-state index contributed by atoms with van der Waals surface area (Å²) >= 11 is 0. The van der Waals surface area contributed by atoms with Crippen LogP contribution >= 0.6 is 0 Å². The van der Waals surface area contributed by atoms with E-state index < -0.39 is 0 Å². The van der Waals surface area contributed by atoms with Gasteiger partial charge in [-0.25, -0.2) is 0 Å². The van der Waals surface area contributed by atoms with Gasteiger partial charge in [-0.3, -0.25) is 4.90 Å². The molecule has 0 aromatic rings. The molecule has 2 heterocycles. The minimum atomic E-state index is 0.794. The summed E-state index contributed by atoms with van der Waals surface area (Å²) in [6, 6.07) is 0.794. The number of hydrogen-bond donors (Lipinski definition) is 0. The zero-order valence-corrected chi connectivity index (χ0v) is 8.54. The Hall–Kier alpha value is -0.120. The molecule has 0 amide bonds. The fourth-order valence-electron chi connectivity index (χ4n) is 2.38. The van der Waals surface area contributed by atoms with E-state index in [9.17, 15) is 0 Å². The van der Waals surface area contributed by atoms with Gasteiger partial charge in [0.25, 0.3) is 0 Å². The maximum absolute atomic E-state index is 5.36. The maximum Gasteiger partial charge on any atom is 0.0594 e. The van der Waals surface area contributed by atoms with Crippen LogP contribution in [0.3, 0.4) is 0 Å². The fourth-order valence-corrected chi connectivity index (χ4v) is 2.38. The van der Waals surface area contributed by atoms with Gasteiger partial charge in [0.05, 0.1) is 13.2 Å². The molecule has 0 aliphatic carbocycles. The Kier molecular flexibility index (Phi) is 3.19. The largest absolute Gasteiger partial charge is 0.379 e. The van der Waals surface area contributed by atoms with Crippen LogP contribution in [0.5, 0.6) is 0 Å². The van der Waals surface area contributed by atoms with Crippen molar-refractivity contribution in [1.29, 1.82) is 0 Å². The lowest BCUT2D eigenvalue weighted by molar-refractivity contribution is 0.000429. The van der Waals surface area contributed by atoms with Gasteiger partial charge in [0.1, 0.15) is 0 Å². The fraction of sp³-hybridized carbons (Fsp3) is 1.00. The Bertz CT molecular complexity index is 157. The highest BCUT2D eigenvalue weighted by atomic mass is 16.5. The van der Waals surface area contributed by atoms with Crippen LogP contribution in [0.2, 0.25) is 0 Å². The molecule has 0 saturated carbocycles. The Labute approximate surface area is 80.6 Å². The summed E-state index contributed by atoms with van der Waals surface area (Å²) < 4.78 is 5.36. The molecule has 2 fully saturated rings. The van der Waals surface area contributed by atoms with Gasteiger partial charge in [-0.05, 0) is 26.4 Å². The third kappa shape index (κ3) is 2.42. The van der Waals surface area contributed by atoms with Crippen LogP contribution < -0.4 is 0 Å². The SMILES string of the molecule is CN1CCCC(N2CCOCC2)C1. The maximum atomic E-state index is 5.36. The van der Waals surface area contributed by atoms with Gasteiger partial charge in [-0.1, -0.05) is 0 Å². The molecule has 3 heteroatoms. The van der Waals surface area contributed by atoms with Crippen molar-refractivity contribution in [2.24, 2.45) is 0 Å². The average molecular weight is 184 g/mol. The van der Waals surface area contributed by atoms with E-state index in [1.165, 1.54) is 25.9 Å². The Morgan fingerprint density at radius 2 is 1.92 bits per heavy atom. The second kappa shape index (κ2) is 4.40. The molecular formula is C10H20N2O. The third-order valence-electron chi connectivity index (χ3n) is 3.16. The molecule has 0 bridgehead atoms. The van der Waals surface area contributed by atoms with Gasteiger partial charge >= 0.3 is 0 Å². The summed E-state index contributed by atoms with van der Waals surface area (Å²) in [6.45, 7) is 6.66. The predicted octanol–water partition coefficient (Wildman–Crippen LogP) is 0.413. The van der Waals surface area contributed by atoms with Crippen LogP contribution in [0, 0.1) is 0 Å². The van der Waals surface area contributed by atoms with Gasteiger partial charge in [-0.2, -0.15) is 0 Å². The first-order chi connectivity index (χ1) is 6.36. The number of piperidine rings is 1. The average Bonchev–Trinajstić information content (AvgIpc) is 2.19. The number of likely N-dealkylation sites (tertiary alicyclic amines) is 1. The summed E-state index contributed by atoms with van der Waals surface area (Å²) in [4.78, 5) is 5.04. The summed E-state index contributed by atoms with van der Waals surface area (Å²) in [6.07, 6.45) is 2.74. The van der Waals surface area contributed by atoms with E-state index in [2.05, 4.69) is 16.8 Å². The number of likely N-dealkylation sites (N-methyl/N-ethyl adjacent to an activating group) is 1. The predicted molar refractivity (Wildman–Crippen MR) is 52.9 cm³/mol. The molecule has 0 aromatic carbocycles. The van der Waals surface area contributed by atoms with Crippen LogP contribution in [-0.4, -0.2) is 62.3 Å². The van der Waals surface area contributed by atoms with Crippen molar-refractivity contribution in [1.82, 2.24) is 9.80 Å². The quantitative estimate of drug-likeness (QED) is 0.587. The Balaban J connectivity index is 1.83. The first-order valence-electron chi connectivity index (χ1n) is 5.36. The van der Waals surface area contributed by atoms with Crippen molar-refractivity contribution in [2.75, 3.05) is 46.4 Å². The van der Waals surface area contributed by atoms with E-state index in [1.54, 1.807) is 0 Å². The molecule has 0 radical (unpaired) electrons. The van der Waals surface area contributed by atoms with Crippen molar-refractivity contribution in [2.45, 2.75) is 18.9 Å². The molecule has 76 valence electrons. The van der Waals surface area contributed by atoms with Crippen molar-refractivity contribution in [3.8, 4) is 0 Å². The molecule has 2 rings (SSSR count). The van der Waals surface area contributed by atoms with E-state index in [-0.39, 0.29) is 0 Å². The van der Waals surface area contributed by atoms with Crippen LogP contribution in [0.4, 0.5) is 0 Å². The molecule has 0 aromatic heterocycles. The zero-order valence-electron chi connectivity index (χ0n) is 8.54. The van der Waals surface area contributed by atoms with Crippen LogP contribution in [0.25, 0.3) is 0 Å². The van der Waals surface area contributed by atoms with Gasteiger partial charge in [0.15, 0.2) is 0 Å². The number of nitrogens with zero attached hydrogens (tertiary/aromatic N) is 2. The topological polar surface area (TPSA) is 15.7 Å². The highest BCUT2D eigenvalue weighted by Crippen LogP contribution is 2.15. The molecule has 2 saturated heterocycles. The lowest BCUT2D eigenvalue weighted by Crippen LogP contribution is -2.50. The second-order valence-corrected chi connectivity index (χ2v) is 4.21. The number of hydrogen-bond acceptors (Lipinski definition) is 3. The molecule has 1 atom stereocenters. The number of rotatable bonds is 1. The van der Waals surface area contributed by atoms with E-state index in [0.29, 0.717) is 0 Å². The number of morpholine rings is 1. The van der Waals surface area contributed by atoms with E-state index in [1.807, 2.05) is 0 Å². The molecule has 13 heavy (non-hydrogen) atoms. The molecule has 1 unspecified atom stereocenters. The monoisotopic (exact) mass is 184 g/mol. The van der Waals surface area contributed by atoms with Gasteiger partial charge in [-0.15, -0.1) is 0 Å². The van der Waals surface area contributed by atoms with Crippen LogP contribution in [0.15, 0.2) is 0 Å². The van der Waals surface area contributed by atoms with E-state index >= 15 is 0 Å². The molecule has 0 N–H and O–H groups in total. The van der Waals surface area contributed by atoms with Crippen molar-refractivity contribution >= 4 is 0 Å². The molecule has 0 spiro atoms. The summed E-state index contributed by atoms with van der Waals surface area (Å²) in [5, 5.41) is 0. The van der Waals surface area contributed by atoms with E-state index in [0.717, 1.165) is 32.3 Å². The lowest BCUT2D eigenvalue weighted by Gasteiger charge is -2.39. The normalized spacial score (nSPS) is 33.5. The smallest absolute Gasteiger partial charge is 0.0594 e. The molecular weight excluding hydrogens is 164 g/mol. The highest BCUT2D eigenvalue weighted by molar-refractivity contribution is 4.80. The lowest BCUT2D eigenvalue weighted by atomic mass is 10.0. The Morgan fingerprint density at radius 3 is 2.62 bits per heavy atom. The molecule has 3 nitrogen and oxygen atoms in total.